The lowest BCUT2D eigenvalue weighted by Gasteiger charge is -2.29. The van der Waals surface area contributed by atoms with Crippen molar-refractivity contribution < 1.29 is 21.2 Å². The van der Waals surface area contributed by atoms with E-state index in [9.17, 15) is 21.2 Å². The molecule has 0 bridgehead atoms. The number of hydrogen-bond acceptors (Lipinski definition) is 5. The minimum absolute atomic E-state index is 0.0543. The van der Waals surface area contributed by atoms with Crippen LogP contribution < -0.4 is 4.90 Å². The predicted molar refractivity (Wildman–Crippen MR) is 103 cm³/mol. The highest BCUT2D eigenvalue weighted by molar-refractivity contribution is 7.91. The molecule has 2 aromatic rings. The fraction of sp³-hybridized carbons (Fsp3) is 0.368. The molecule has 2 unspecified atom stereocenters. The SMILES string of the molecule is CC1CC(c2ccccc2F)N(c2ccc(S(C)(=O)=O)cc2S(C)(=O)=O)C1. The Balaban J connectivity index is 2.18. The molecular weight excluding hydrogens is 389 g/mol. The lowest BCUT2D eigenvalue weighted by molar-refractivity contribution is 0.563. The Morgan fingerprint density at radius 3 is 2.26 bits per heavy atom. The van der Waals surface area contributed by atoms with E-state index in [1.807, 2.05) is 11.8 Å². The van der Waals surface area contributed by atoms with Crippen LogP contribution in [0.3, 0.4) is 0 Å². The first-order valence-electron chi connectivity index (χ1n) is 8.53. The van der Waals surface area contributed by atoms with Crippen molar-refractivity contribution >= 4 is 25.4 Å². The van der Waals surface area contributed by atoms with Crippen LogP contribution in [0.2, 0.25) is 0 Å². The van der Waals surface area contributed by atoms with Crippen molar-refractivity contribution in [3.8, 4) is 0 Å². The van der Waals surface area contributed by atoms with Gasteiger partial charge in [-0.15, -0.1) is 0 Å². The van der Waals surface area contributed by atoms with Crippen molar-refractivity contribution in [3.05, 3.63) is 53.8 Å². The van der Waals surface area contributed by atoms with Crippen molar-refractivity contribution in [1.29, 1.82) is 0 Å². The molecule has 1 aliphatic rings. The zero-order chi connectivity index (χ0) is 20.0. The molecule has 0 saturated carbocycles. The molecule has 1 saturated heterocycles. The zero-order valence-corrected chi connectivity index (χ0v) is 17.0. The van der Waals surface area contributed by atoms with Gasteiger partial charge in [-0.05, 0) is 36.6 Å². The number of hydrogen-bond donors (Lipinski definition) is 0. The normalized spacial score (nSPS) is 20.8. The van der Waals surface area contributed by atoms with Crippen LogP contribution in [0.4, 0.5) is 10.1 Å². The van der Waals surface area contributed by atoms with E-state index in [1.54, 1.807) is 18.2 Å². The fourth-order valence-electron chi connectivity index (χ4n) is 3.61. The topological polar surface area (TPSA) is 71.5 Å². The average Bonchev–Trinajstić information content (AvgIpc) is 2.94. The molecule has 5 nitrogen and oxygen atoms in total. The van der Waals surface area contributed by atoms with Crippen LogP contribution >= 0.6 is 0 Å². The van der Waals surface area contributed by atoms with Gasteiger partial charge in [-0.1, -0.05) is 25.1 Å². The minimum Gasteiger partial charge on any atom is -0.363 e. The van der Waals surface area contributed by atoms with Crippen LogP contribution in [-0.4, -0.2) is 35.9 Å². The molecule has 2 aromatic carbocycles. The molecule has 0 N–H and O–H groups in total. The number of sulfone groups is 2. The van der Waals surface area contributed by atoms with E-state index < -0.39 is 19.7 Å². The molecule has 0 amide bonds. The Kier molecular flexibility index (Phi) is 5.07. The Morgan fingerprint density at radius 1 is 1.00 bits per heavy atom. The summed E-state index contributed by atoms with van der Waals surface area (Å²) in [5, 5.41) is 0. The maximum atomic E-state index is 14.4. The maximum Gasteiger partial charge on any atom is 0.177 e. The molecule has 1 aliphatic heterocycles. The summed E-state index contributed by atoms with van der Waals surface area (Å²) in [4.78, 5) is 1.76. The summed E-state index contributed by atoms with van der Waals surface area (Å²) >= 11 is 0. The van der Waals surface area contributed by atoms with E-state index in [0.717, 1.165) is 12.5 Å². The number of benzene rings is 2. The van der Waals surface area contributed by atoms with Crippen LogP contribution in [0.5, 0.6) is 0 Å². The summed E-state index contributed by atoms with van der Waals surface area (Å²) in [6.07, 6.45) is 2.77. The van der Waals surface area contributed by atoms with Gasteiger partial charge >= 0.3 is 0 Å². The van der Waals surface area contributed by atoms with Crippen LogP contribution in [0, 0.1) is 11.7 Å². The summed E-state index contributed by atoms with van der Waals surface area (Å²) in [6, 6.07) is 10.3. The smallest absolute Gasteiger partial charge is 0.177 e. The van der Waals surface area contributed by atoms with Gasteiger partial charge in [0, 0.05) is 24.6 Å². The number of anilines is 1. The summed E-state index contributed by atoms with van der Waals surface area (Å²) in [5.41, 5.74) is 0.913. The summed E-state index contributed by atoms with van der Waals surface area (Å²) in [5.74, 6) is -0.105. The molecule has 8 heteroatoms. The first-order valence-corrected chi connectivity index (χ1v) is 12.3. The largest absolute Gasteiger partial charge is 0.363 e. The molecule has 27 heavy (non-hydrogen) atoms. The number of rotatable bonds is 4. The van der Waals surface area contributed by atoms with Crippen molar-refractivity contribution in [2.75, 3.05) is 24.0 Å². The van der Waals surface area contributed by atoms with E-state index in [1.165, 1.54) is 24.3 Å². The van der Waals surface area contributed by atoms with Crippen molar-refractivity contribution in [2.24, 2.45) is 5.92 Å². The second-order valence-corrected chi connectivity index (χ2v) is 11.2. The molecule has 1 fully saturated rings. The Bertz CT molecular complexity index is 1080. The summed E-state index contributed by atoms with van der Waals surface area (Å²) < 4.78 is 62.9. The van der Waals surface area contributed by atoms with Crippen molar-refractivity contribution in [1.82, 2.24) is 0 Å². The maximum absolute atomic E-state index is 14.4. The molecular formula is C19H22FNO4S2. The van der Waals surface area contributed by atoms with Gasteiger partial charge in [-0.2, -0.15) is 0 Å². The quantitative estimate of drug-likeness (QED) is 0.773. The first-order chi connectivity index (χ1) is 12.5. The van der Waals surface area contributed by atoms with E-state index in [4.69, 9.17) is 0 Å². The van der Waals surface area contributed by atoms with E-state index in [2.05, 4.69) is 0 Å². The van der Waals surface area contributed by atoms with Gasteiger partial charge in [0.2, 0.25) is 0 Å². The van der Waals surface area contributed by atoms with Crippen LogP contribution in [0.25, 0.3) is 0 Å². The third kappa shape index (κ3) is 4.01. The summed E-state index contributed by atoms with van der Waals surface area (Å²) in [6.45, 7) is 2.58. The number of nitrogens with zero attached hydrogens (tertiary/aromatic N) is 1. The molecule has 0 spiro atoms. The van der Waals surface area contributed by atoms with Crippen molar-refractivity contribution in [2.45, 2.75) is 29.2 Å². The molecule has 0 aromatic heterocycles. The molecule has 1 heterocycles. The molecule has 146 valence electrons. The van der Waals surface area contributed by atoms with Gasteiger partial charge in [-0.25, -0.2) is 21.2 Å². The van der Waals surface area contributed by atoms with Crippen LogP contribution in [0.15, 0.2) is 52.3 Å². The highest BCUT2D eigenvalue weighted by Gasteiger charge is 2.35. The van der Waals surface area contributed by atoms with Gasteiger partial charge in [0.05, 0.1) is 21.5 Å². The van der Waals surface area contributed by atoms with Gasteiger partial charge in [0.1, 0.15) is 5.82 Å². The highest BCUT2D eigenvalue weighted by Crippen LogP contribution is 2.42. The zero-order valence-electron chi connectivity index (χ0n) is 15.4. The molecule has 2 atom stereocenters. The van der Waals surface area contributed by atoms with Gasteiger partial charge in [0.25, 0.3) is 0 Å². The summed E-state index contributed by atoms with van der Waals surface area (Å²) in [7, 11) is -7.24. The Labute approximate surface area is 159 Å². The van der Waals surface area contributed by atoms with Gasteiger partial charge < -0.3 is 4.90 Å². The monoisotopic (exact) mass is 411 g/mol. The minimum atomic E-state index is -3.69. The first kappa shape index (κ1) is 19.8. The van der Waals surface area contributed by atoms with E-state index in [0.29, 0.717) is 24.2 Å². The number of halogens is 1. The second kappa shape index (κ2) is 6.91. The third-order valence-corrected chi connectivity index (χ3v) is 7.08. The predicted octanol–water partition coefficient (Wildman–Crippen LogP) is 3.22. The van der Waals surface area contributed by atoms with Crippen LogP contribution in [-0.2, 0) is 19.7 Å². The molecule has 0 aliphatic carbocycles. The average molecular weight is 412 g/mol. The van der Waals surface area contributed by atoms with Crippen molar-refractivity contribution in [3.63, 3.8) is 0 Å². The highest BCUT2D eigenvalue weighted by atomic mass is 32.2. The van der Waals surface area contributed by atoms with E-state index in [-0.39, 0.29) is 27.6 Å². The molecule has 0 radical (unpaired) electrons. The van der Waals surface area contributed by atoms with Gasteiger partial charge in [0.15, 0.2) is 19.7 Å². The lowest BCUT2D eigenvalue weighted by Crippen LogP contribution is -2.26. The third-order valence-electron chi connectivity index (χ3n) is 4.84. The Morgan fingerprint density at radius 2 is 1.67 bits per heavy atom. The van der Waals surface area contributed by atoms with Gasteiger partial charge in [-0.3, -0.25) is 0 Å². The van der Waals surface area contributed by atoms with Crippen LogP contribution in [0.1, 0.15) is 24.9 Å². The fourth-order valence-corrected chi connectivity index (χ4v) is 5.24. The second-order valence-electron chi connectivity index (χ2n) is 7.20. The standard InChI is InChI=1S/C19H22FNO4S2/c1-13-10-18(15-6-4-5-7-16(15)20)21(12-13)17-9-8-14(26(2,22)23)11-19(17)27(3,24)25/h4-9,11,13,18H,10,12H2,1-3H3. The molecule has 3 rings (SSSR count). The lowest BCUT2D eigenvalue weighted by atomic mass is 10.0. The Hall–Kier alpha value is -1.93. The van der Waals surface area contributed by atoms with E-state index >= 15 is 0 Å².